The van der Waals surface area contributed by atoms with Crippen molar-refractivity contribution < 1.29 is 0 Å². The fourth-order valence-corrected chi connectivity index (χ4v) is 2.60. The van der Waals surface area contributed by atoms with Crippen molar-refractivity contribution in [3.8, 4) is 0 Å². The molecular weight excluding hydrogens is 220 g/mol. The average Bonchev–Trinajstić information content (AvgIpc) is 2.27. The molecule has 0 heterocycles. The molecular formula is C16H20N2. The van der Waals surface area contributed by atoms with Crippen molar-refractivity contribution in [1.82, 2.24) is 0 Å². The standard InChI is InChI=1S/C16H20N2/c1-10-7-11(2)15(12(3)8-10)16(18)13-5-4-6-14(17)9-13/h4-9,16H,17-18H2,1-3H3. The first-order valence-corrected chi connectivity index (χ1v) is 6.18. The number of hydrogen-bond acceptors (Lipinski definition) is 2. The average molecular weight is 240 g/mol. The molecule has 94 valence electrons. The summed E-state index contributed by atoms with van der Waals surface area (Å²) in [7, 11) is 0. The van der Waals surface area contributed by atoms with E-state index in [1.54, 1.807) is 0 Å². The Hall–Kier alpha value is -1.80. The van der Waals surface area contributed by atoms with Gasteiger partial charge in [-0.05, 0) is 55.2 Å². The Morgan fingerprint density at radius 1 is 0.944 bits per heavy atom. The number of nitrogen functional groups attached to an aromatic ring is 1. The van der Waals surface area contributed by atoms with Gasteiger partial charge in [-0.1, -0.05) is 29.8 Å². The lowest BCUT2D eigenvalue weighted by molar-refractivity contribution is 0.851. The molecule has 2 nitrogen and oxygen atoms in total. The van der Waals surface area contributed by atoms with Gasteiger partial charge in [-0.3, -0.25) is 0 Å². The Labute approximate surface area is 109 Å². The highest BCUT2D eigenvalue weighted by Gasteiger charge is 2.14. The van der Waals surface area contributed by atoms with Crippen molar-refractivity contribution in [3.63, 3.8) is 0 Å². The second-order valence-corrected chi connectivity index (χ2v) is 4.96. The van der Waals surface area contributed by atoms with Gasteiger partial charge in [-0.2, -0.15) is 0 Å². The molecule has 0 saturated carbocycles. The Kier molecular flexibility index (Phi) is 3.39. The lowest BCUT2D eigenvalue weighted by atomic mass is 9.90. The number of nitrogens with two attached hydrogens (primary N) is 2. The Morgan fingerprint density at radius 2 is 1.56 bits per heavy atom. The third-order valence-corrected chi connectivity index (χ3v) is 3.32. The van der Waals surface area contributed by atoms with Crippen LogP contribution in [0.1, 0.15) is 33.9 Å². The zero-order valence-electron chi connectivity index (χ0n) is 11.2. The maximum atomic E-state index is 6.38. The molecule has 1 atom stereocenters. The monoisotopic (exact) mass is 240 g/mol. The normalized spacial score (nSPS) is 12.4. The van der Waals surface area contributed by atoms with Crippen LogP contribution in [0, 0.1) is 20.8 Å². The fraction of sp³-hybridized carbons (Fsp3) is 0.250. The summed E-state index contributed by atoms with van der Waals surface area (Å²) in [5, 5.41) is 0. The second-order valence-electron chi connectivity index (χ2n) is 4.96. The first-order chi connectivity index (χ1) is 8.49. The van der Waals surface area contributed by atoms with Crippen LogP contribution in [0.5, 0.6) is 0 Å². The van der Waals surface area contributed by atoms with Gasteiger partial charge in [0.15, 0.2) is 0 Å². The molecule has 0 saturated heterocycles. The minimum Gasteiger partial charge on any atom is -0.399 e. The molecule has 0 amide bonds. The van der Waals surface area contributed by atoms with Gasteiger partial charge >= 0.3 is 0 Å². The van der Waals surface area contributed by atoms with Crippen molar-refractivity contribution >= 4 is 5.69 Å². The fourth-order valence-electron chi connectivity index (χ4n) is 2.60. The van der Waals surface area contributed by atoms with Crippen LogP contribution in [0.25, 0.3) is 0 Å². The van der Waals surface area contributed by atoms with Crippen LogP contribution < -0.4 is 11.5 Å². The molecule has 2 aromatic rings. The molecule has 0 aromatic heterocycles. The Bertz CT molecular complexity index is 550. The molecule has 0 aliphatic rings. The lowest BCUT2D eigenvalue weighted by Crippen LogP contribution is -2.15. The summed E-state index contributed by atoms with van der Waals surface area (Å²) in [5.41, 5.74) is 19.0. The highest BCUT2D eigenvalue weighted by Crippen LogP contribution is 2.27. The highest BCUT2D eigenvalue weighted by atomic mass is 14.6. The summed E-state index contributed by atoms with van der Waals surface area (Å²) in [6.07, 6.45) is 0. The van der Waals surface area contributed by atoms with Crippen LogP contribution in [-0.2, 0) is 0 Å². The van der Waals surface area contributed by atoms with E-state index in [0.29, 0.717) is 0 Å². The smallest absolute Gasteiger partial charge is 0.0557 e. The van der Waals surface area contributed by atoms with Gasteiger partial charge in [-0.15, -0.1) is 0 Å². The maximum Gasteiger partial charge on any atom is 0.0557 e. The van der Waals surface area contributed by atoms with Crippen LogP contribution in [0.15, 0.2) is 36.4 Å². The van der Waals surface area contributed by atoms with Crippen LogP contribution in [0.4, 0.5) is 5.69 Å². The summed E-state index contributed by atoms with van der Waals surface area (Å²) in [5.74, 6) is 0. The van der Waals surface area contributed by atoms with Gasteiger partial charge in [0.25, 0.3) is 0 Å². The summed E-state index contributed by atoms with van der Waals surface area (Å²) < 4.78 is 0. The topological polar surface area (TPSA) is 52.0 Å². The van der Waals surface area contributed by atoms with E-state index < -0.39 is 0 Å². The van der Waals surface area contributed by atoms with Crippen LogP contribution in [0.3, 0.4) is 0 Å². The number of benzene rings is 2. The number of aryl methyl sites for hydroxylation is 3. The Balaban J connectivity index is 2.49. The minimum atomic E-state index is -0.117. The van der Waals surface area contributed by atoms with Gasteiger partial charge in [0, 0.05) is 5.69 Å². The van der Waals surface area contributed by atoms with Gasteiger partial charge < -0.3 is 11.5 Å². The van der Waals surface area contributed by atoms with Crippen LogP contribution in [0.2, 0.25) is 0 Å². The predicted molar refractivity (Wildman–Crippen MR) is 77.5 cm³/mol. The van der Waals surface area contributed by atoms with E-state index in [0.717, 1.165) is 11.3 Å². The molecule has 2 aromatic carbocycles. The molecule has 0 aliphatic carbocycles. The van der Waals surface area contributed by atoms with E-state index in [1.165, 1.54) is 22.3 Å². The van der Waals surface area contributed by atoms with Gasteiger partial charge in [-0.25, -0.2) is 0 Å². The second kappa shape index (κ2) is 4.83. The number of hydrogen-bond donors (Lipinski definition) is 2. The zero-order chi connectivity index (χ0) is 13.3. The van der Waals surface area contributed by atoms with E-state index in [4.69, 9.17) is 11.5 Å². The molecule has 1 unspecified atom stereocenters. The van der Waals surface area contributed by atoms with Crippen molar-refractivity contribution in [2.45, 2.75) is 26.8 Å². The van der Waals surface area contributed by atoms with Crippen molar-refractivity contribution in [3.05, 3.63) is 64.2 Å². The van der Waals surface area contributed by atoms with E-state index in [2.05, 4.69) is 32.9 Å². The SMILES string of the molecule is Cc1cc(C)c(C(N)c2cccc(N)c2)c(C)c1. The first-order valence-electron chi connectivity index (χ1n) is 6.18. The zero-order valence-corrected chi connectivity index (χ0v) is 11.2. The molecule has 0 aliphatic heterocycles. The van der Waals surface area contributed by atoms with E-state index >= 15 is 0 Å². The summed E-state index contributed by atoms with van der Waals surface area (Å²) >= 11 is 0. The molecule has 4 N–H and O–H groups in total. The van der Waals surface area contributed by atoms with E-state index in [9.17, 15) is 0 Å². The quantitative estimate of drug-likeness (QED) is 0.792. The molecule has 2 rings (SSSR count). The van der Waals surface area contributed by atoms with Crippen molar-refractivity contribution in [1.29, 1.82) is 0 Å². The van der Waals surface area contributed by atoms with E-state index in [-0.39, 0.29) is 6.04 Å². The van der Waals surface area contributed by atoms with E-state index in [1.807, 2.05) is 24.3 Å². The molecule has 0 fully saturated rings. The number of anilines is 1. The summed E-state index contributed by atoms with van der Waals surface area (Å²) in [6, 6.07) is 12.0. The van der Waals surface area contributed by atoms with Crippen LogP contribution in [-0.4, -0.2) is 0 Å². The van der Waals surface area contributed by atoms with Gasteiger partial charge in [0.2, 0.25) is 0 Å². The van der Waals surface area contributed by atoms with Crippen LogP contribution >= 0.6 is 0 Å². The summed E-state index contributed by atoms with van der Waals surface area (Å²) in [6.45, 7) is 6.33. The lowest BCUT2D eigenvalue weighted by Gasteiger charge is -2.19. The van der Waals surface area contributed by atoms with Gasteiger partial charge in [0.05, 0.1) is 6.04 Å². The first kappa shape index (κ1) is 12.7. The molecule has 0 radical (unpaired) electrons. The third kappa shape index (κ3) is 2.39. The number of rotatable bonds is 2. The van der Waals surface area contributed by atoms with Crippen molar-refractivity contribution in [2.75, 3.05) is 5.73 Å². The van der Waals surface area contributed by atoms with Crippen molar-refractivity contribution in [2.24, 2.45) is 5.73 Å². The molecule has 0 bridgehead atoms. The minimum absolute atomic E-state index is 0.117. The maximum absolute atomic E-state index is 6.38. The Morgan fingerprint density at radius 3 is 2.11 bits per heavy atom. The molecule has 0 spiro atoms. The molecule has 2 heteroatoms. The molecule has 18 heavy (non-hydrogen) atoms. The largest absolute Gasteiger partial charge is 0.399 e. The highest BCUT2D eigenvalue weighted by molar-refractivity contribution is 5.48. The summed E-state index contributed by atoms with van der Waals surface area (Å²) in [4.78, 5) is 0. The third-order valence-electron chi connectivity index (χ3n) is 3.32. The van der Waals surface area contributed by atoms with Gasteiger partial charge in [0.1, 0.15) is 0 Å². The predicted octanol–water partition coefficient (Wildman–Crippen LogP) is 3.24.